The maximum absolute atomic E-state index is 13.1. The third-order valence-electron chi connectivity index (χ3n) is 4.78. The number of hydrogen-bond acceptors (Lipinski definition) is 4. The summed E-state index contributed by atoms with van der Waals surface area (Å²) >= 11 is 7.66. The first-order valence-corrected chi connectivity index (χ1v) is 12.6. The van der Waals surface area contributed by atoms with Gasteiger partial charge >= 0.3 is 0 Å². The molecule has 0 bridgehead atoms. The van der Waals surface area contributed by atoms with Crippen molar-refractivity contribution >= 4 is 50.7 Å². The zero-order chi connectivity index (χ0) is 22.6. The average Bonchev–Trinajstić information content (AvgIpc) is 2.77. The minimum absolute atomic E-state index is 0.227. The van der Waals surface area contributed by atoms with Gasteiger partial charge in [0.25, 0.3) is 15.9 Å². The van der Waals surface area contributed by atoms with Crippen LogP contribution in [0.5, 0.6) is 0 Å². The summed E-state index contributed by atoms with van der Waals surface area (Å²) < 4.78 is 27.5. The van der Waals surface area contributed by atoms with E-state index in [0.29, 0.717) is 22.0 Å². The summed E-state index contributed by atoms with van der Waals surface area (Å²) in [5.41, 5.74) is 2.42. The molecule has 8 heteroatoms. The number of hydrogen-bond donors (Lipinski definition) is 1. The first kappa shape index (κ1) is 23.2. The van der Waals surface area contributed by atoms with Gasteiger partial charge in [0.05, 0.1) is 10.6 Å². The normalized spacial score (nSPS) is 11.2. The fraction of sp³-hybridized carbons (Fsp3) is 0.174. The number of halogens is 1. The van der Waals surface area contributed by atoms with E-state index in [-0.39, 0.29) is 17.3 Å². The van der Waals surface area contributed by atoms with Crippen LogP contribution in [0.1, 0.15) is 22.8 Å². The summed E-state index contributed by atoms with van der Waals surface area (Å²) in [5.74, 6) is -0.301. The average molecular weight is 475 g/mol. The quantitative estimate of drug-likeness (QED) is 0.437. The minimum atomic E-state index is -3.71. The predicted molar refractivity (Wildman–Crippen MR) is 129 cm³/mol. The number of nitrogens with zero attached hydrogens (tertiary/aromatic N) is 1. The molecule has 0 spiro atoms. The number of nitrogens with one attached hydrogen (secondary N) is 1. The first-order valence-electron chi connectivity index (χ1n) is 9.60. The second-order valence-corrected chi connectivity index (χ2v) is 9.96. The van der Waals surface area contributed by atoms with E-state index in [0.717, 1.165) is 10.5 Å². The van der Waals surface area contributed by atoms with Crippen molar-refractivity contribution in [1.29, 1.82) is 0 Å². The number of aryl methyl sites for hydroxylation is 1. The van der Waals surface area contributed by atoms with Crippen molar-refractivity contribution in [2.24, 2.45) is 0 Å². The summed E-state index contributed by atoms with van der Waals surface area (Å²) in [6.07, 6.45) is 1.94. The molecule has 0 aliphatic rings. The van der Waals surface area contributed by atoms with Crippen molar-refractivity contribution in [3.05, 3.63) is 82.9 Å². The number of thioether (sulfide) groups is 1. The molecule has 0 aromatic heterocycles. The zero-order valence-corrected chi connectivity index (χ0v) is 19.8. The number of amides is 1. The molecule has 3 aromatic rings. The Bertz CT molecular complexity index is 1180. The lowest BCUT2D eigenvalue weighted by Crippen LogP contribution is -2.30. The Morgan fingerprint density at radius 1 is 1.03 bits per heavy atom. The van der Waals surface area contributed by atoms with E-state index in [9.17, 15) is 13.2 Å². The molecule has 0 saturated carbocycles. The lowest BCUT2D eigenvalue weighted by Gasteiger charge is -2.23. The van der Waals surface area contributed by atoms with E-state index >= 15 is 0 Å². The standard InChI is InChI=1S/C23H23ClN2O3S2/c1-4-26(31(28,29)21-13-11-20(30-3)12-14-21)19-9-6-17(7-10-19)23(27)25-18-8-5-16(2)22(24)15-18/h5-15H,4H2,1-3H3,(H,25,27). The molecular formula is C23H23ClN2O3S2. The first-order chi connectivity index (χ1) is 14.8. The molecule has 0 aliphatic carbocycles. The Hall–Kier alpha value is -2.48. The monoisotopic (exact) mass is 474 g/mol. The van der Waals surface area contributed by atoms with E-state index in [1.807, 2.05) is 19.2 Å². The molecule has 0 heterocycles. The van der Waals surface area contributed by atoms with Crippen LogP contribution in [0, 0.1) is 6.92 Å². The van der Waals surface area contributed by atoms with Crippen LogP contribution in [0.15, 0.2) is 76.5 Å². The van der Waals surface area contributed by atoms with Crippen LogP contribution < -0.4 is 9.62 Å². The smallest absolute Gasteiger partial charge is 0.264 e. The lowest BCUT2D eigenvalue weighted by molar-refractivity contribution is 0.102. The van der Waals surface area contributed by atoms with Crippen molar-refractivity contribution in [3.8, 4) is 0 Å². The Morgan fingerprint density at radius 2 is 1.68 bits per heavy atom. The fourth-order valence-electron chi connectivity index (χ4n) is 3.02. The molecule has 0 atom stereocenters. The van der Waals surface area contributed by atoms with Crippen LogP contribution in [0.3, 0.4) is 0 Å². The highest BCUT2D eigenvalue weighted by atomic mass is 35.5. The molecule has 0 radical (unpaired) electrons. The molecular weight excluding hydrogens is 452 g/mol. The molecule has 0 aliphatic heterocycles. The largest absolute Gasteiger partial charge is 0.322 e. The van der Waals surface area contributed by atoms with Crippen LogP contribution in [-0.2, 0) is 10.0 Å². The molecule has 0 fully saturated rings. The maximum Gasteiger partial charge on any atom is 0.264 e. The van der Waals surface area contributed by atoms with Gasteiger partial charge in [0.15, 0.2) is 0 Å². The minimum Gasteiger partial charge on any atom is -0.322 e. The van der Waals surface area contributed by atoms with Gasteiger partial charge in [-0.2, -0.15) is 0 Å². The van der Waals surface area contributed by atoms with Crippen molar-refractivity contribution in [2.75, 3.05) is 22.4 Å². The van der Waals surface area contributed by atoms with Gasteiger partial charge < -0.3 is 5.32 Å². The third-order valence-corrected chi connectivity index (χ3v) is 7.85. The van der Waals surface area contributed by atoms with Crippen molar-refractivity contribution in [3.63, 3.8) is 0 Å². The van der Waals surface area contributed by atoms with Gasteiger partial charge in [-0.25, -0.2) is 8.42 Å². The zero-order valence-electron chi connectivity index (χ0n) is 17.4. The number of sulfonamides is 1. The summed E-state index contributed by atoms with van der Waals surface area (Å²) in [6, 6.07) is 18.6. The van der Waals surface area contributed by atoms with Crippen molar-refractivity contribution in [2.45, 2.75) is 23.6 Å². The van der Waals surface area contributed by atoms with Gasteiger partial charge in [0, 0.05) is 27.7 Å². The molecule has 1 amide bonds. The second-order valence-electron chi connectivity index (χ2n) is 6.81. The lowest BCUT2D eigenvalue weighted by atomic mass is 10.1. The highest BCUT2D eigenvalue weighted by molar-refractivity contribution is 7.98. The van der Waals surface area contributed by atoms with Gasteiger partial charge in [-0.3, -0.25) is 9.10 Å². The fourth-order valence-corrected chi connectivity index (χ4v) is 5.08. The number of rotatable bonds is 7. The molecule has 162 valence electrons. The summed E-state index contributed by atoms with van der Waals surface area (Å²) in [7, 11) is -3.71. The number of carbonyl (C=O) groups is 1. The SMILES string of the molecule is CCN(c1ccc(C(=O)Nc2ccc(C)c(Cl)c2)cc1)S(=O)(=O)c1ccc(SC)cc1. The Morgan fingerprint density at radius 3 is 2.23 bits per heavy atom. The number of benzene rings is 3. The van der Waals surface area contributed by atoms with Crippen LogP contribution in [-0.4, -0.2) is 27.1 Å². The molecule has 1 N–H and O–H groups in total. The molecule has 0 unspecified atom stereocenters. The van der Waals surface area contributed by atoms with Gasteiger partial charge in [-0.15, -0.1) is 11.8 Å². The summed E-state index contributed by atoms with van der Waals surface area (Å²) in [4.78, 5) is 13.8. The Kier molecular flexibility index (Phi) is 7.30. The van der Waals surface area contributed by atoms with E-state index in [2.05, 4.69) is 5.32 Å². The molecule has 3 rings (SSSR count). The molecule has 0 saturated heterocycles. The van der Waals surface area contributed by atoms with E-state index in [1.54, 1.807) is 79.3 Å². The molecule has 3 aromatic carbocycles. The van der Waals surface area contributed by atoms with Crippen molar-refractivity contribution in [1.82, 2.24) is 0 Å². The summed E-state index contributed by atoms with van der Waals surface area (Å²) in [6.45, 7) is 3.92. The second kappa shape index (κ2) is 9.77. The number of anilines is 2. The van der Waals surface area contributed by atoms with E-state index < -0.39 is 10.0 Å². The topological polar surface area (TPSA) is 66.5 Å². The van der Waals surface area contributed by atoms with E-state index in [1.165, 1.54) is 4.31 Å². The summed E-state index contributed by atoms with van der Waals surface area (Å²) in [5, 5.41) is 3.37. The van der Waals surface area contributed by atoms with Gasteiger partial charge in [0.1, 0.15) is 0 Å². The molecule has 5 nitrogen and oxygen atoms in total. The van der Waals surface area contributed by atoms with E-state index in [4.69, 9.17) is 11.6 Å². The van der Waals surface area contributed by atoms with Gasteiger partial charge in [-0.05, 0) is 86.3 Å². The Balaban J connectivity index is 1.80. The van der Waals surface area contributed by atoms with Gasteiger partial charge in [-0.1, -0.05) is 17.7 Å². The third kappa shape index (κ3) is 5.23. The van der Waals surface area contributed by atoms with Crippen molar-refractivity contribution < 1.29 is 13.2 Å². The van der Waals surface area contributed by atoms with Crippen LogP contribution >= 0.6 is 23.4 Å². The highest BCUT2D eigenvalue weighted by Crippen LogP contribution is 2.26. The predicted octanol–water partition coefficient (Wildman–Crippen LogP) is 5.84. The number of carbonyl (C=O) groups excluding carboxylic acids is 1. The van der Waals surface area contributed by atoms with Crippen LogP contribution in [0.4, 0.5) is 11.4 Å². The molecule has 31 heavy (non-hydrogen) atoms. The van der Waals surface area contributed by atoms with Crippen LogP contribution in [0.25, 0.3) is 0 Å². The van der Waals surface area contributed by atoms with Gasteiger partial charge in [0.2, 0.25) is 0 Å². The Labute approximate surface area is 192 Å². The van der Waals surface area contributed by atoms with Crippen LogP contribution in [0.2, 0.25) is 5.02 Å². The highest BCUT2D eigenvalue weighted by Gasteiger charge is 2.23. The maximum atomic E-state index is 13.1.